The van der Waals surface area contributed by atoms with Crippen LogP contribution in [0.4, 0.5) is 9.59 Å². The first kappa shape index (κ1) is 19.5. The standard InChI is InChI=1S/C18H24BNO7/c1-17(2)18(3,4)27-19(26-17)13-7-5-12(6-8-13)9-23-15(21)20-14-10-24-16(22)25-11-14/h5-8,14H,9-11H2,1-4H3,(H,20,21). The first-order chi connectivity index (χ1) is 12.7. The summed E-state index contributed by atoms with van der Waals surface area (Å²) in [7, 11) is -0.428. The minimum Gasteiger partial charge on any atom is -0.445 e. The number of rotatable bonds is 4. The molecule has 0 bridgehead atoms. The van der Waals surface area contributed by atoms with Gasteiger partial charge in [-0.15, -0.1) is 0 Å². The van der Waals surface area contributed by atoms with E-state index in [0.29, 0.717) is 0 Å². The fourth-order valence-electron chi connectivity index (χ4n) is 2.62. The Balaban J connectivity index is 1.48. The lowest BCUT2D eigenvalue weighted by atomic mass is 9.79. The molecule has 0 atom stereocenters. The summed E-state index contributed by atoms with van der Waals surface area (Å²) in [5.41, 5.74) is 0.948. The highest BCUT2D eigenvalue weighted by Gasteiger charge is 2.51. The number of benzene rings is 1. The van der Waals surface area contributed by atoms with Gasteiger partial charge in [0, 0.05) is 0 Å². The smallest absolute Gasteiger partial charge is 0.445 e. The first-order valence-corrected chi connectivity index (χ1v) is 8.84. The van der Waals surface area contributed by atoms with Crippen LogP contribution >= 0.6 is 0 Å². The van der Waals surface area contributed by atoms with E-state index >= 15 is 0 Å². The van der Waals surface area contributed by atoms with Crippen molar-refractivity contribution in [1.82, 2.24) is 5.32 Å². The highest BCUT2D eigenvalue weighted by molar-refractivity contribution is 6.62. The Labute approximate surface area is 158 Å². The average molecular weight is 377 g/mol. The molecule has 8 nitrogen and oxygen atoms in total. The SMILES string of the molecule is CC1(C)OB(c2ccc(COC(=O)NC3COC(=O)OC3)cc2)OC1(C)C. The van der Waals surface area contributed by atoms with Crippen LogP contribution in [0.5, 0.6) is 0 Å². The summed E-state index contributed by atoms with van der Waals surface area (Å²) >= 11 is 0. The van der Waals surface area contributed by atoms with E-state index in [1.165, 1.54) is 0 Å². The molecule has 1 N–H and O–H groups in total. The Morgan fingerprint density at radius 2 is 1.67 bits per heavy atom. The zero-order chi connectivity index (χ0) is 19.7. The van der Waals surface area contributed by atoms with Crippen LogP contribution in [-0.4, -0.2) is 49.8 Å². The van der Waals surface area contributed by atoms with E-state index in [9.17, 15) is 9.59 Å². The summed E-state index contributed by atoms with van der Waals surface area (Å²) in [6, 6.07) is 7.10. The molecule has 1 aromatic rings. The molecular formula is C18H24BNO7. The van der Waals surface area contributed by atoms with Crippen molar-refractivity contribution in [3.05, 3.63) is 29.8 Å². The van der Waals surface area contributed by atoms with Crippen molar-refractivity contribution in [2.24, 2.45) is 0 Å². The topological polar surface area (TPSA) is 92.3 Å². The van der Waals surface area contributed by atoms with Gasteiger partial charge in [-0.25, -0.2) is 9.59 Å². The Morgan fingerprint density at radius 1 is 1.11 bits per heavy atom. The van der Waals surface area contributed by atoms with E-state index in [4.69, 9.17) is 23.5 Å². The molecule has 0 aromatic heterocycles. The second kappa shape index (κ2) is 7.40. The third kappa shape index (κ3) is 4.54. The summed E-state index contributed by atoms with van der Waals surface area (Å²) in [5.74, 6) is 0. The van der Waals surface area contributed by atoms with Gasteiger partial charge in [0.2, 0.25) is 0 Å². The molecule has 0 radical (unpaired) electrons. The van der Waals surface area contributed by atoms with Crippen molar-refractivity contribution < 1.29 is 33.1 Å². The Morgan fingerprint density at radius 3 is 2.22 bits per heavy atom. The molecule has 3 rings (SSSR count). The van der Waals surface area contributed by atoms with E-state index < -0.39 is 36.6 Å². The van der Waals surface area contributed by atoms with Gasteiger partial charge in [0.05, 0.1) is 11.2 Å². The van der Waals surface area contributed by atoms with Gasteiger partial charge in [0.25, 0.3) is 0 Å². The molecule has 2 saturated heterocycles. The number of hydrogen-bond donors (Lipinski definition) is 1. The third-order valence-corrected chi connectivity index (χ3v) is 5.00. The van der Waals surface area contributed by atoms with Crippen LogP contribution < -0.4 is 10.8 Å². The number of nitrogens with one attached hydrogen (secondary N) is 1. The predicted molar refractivity (Wildman–Crippen MR) is 96.6 cm³/mol. The van der Waals surface area contributed by atoms with Crippen LogP contribution in [0.2, 0.25) is 0 Å². The van der Waals surface area contributed by atoms with Gasteiger partial charge in [-0.1, -0.05) is 24.3 Å². The molecule has 0 aliphatic carbocycles. The fourth-order valence-corrected chi connectivity index (χ4v) is 2.62. The van der Waals surface area contributed by atoms with Gasteiger partial charge >= 0.3 is 19.4 Å². The molecule has 146 valence electrons. The van der Waals surface area contributed by atoms with Crippen molar-refractivity contribution in [1.29, 1.82) is 0 Å². The van der Waals surface area contributed by atoms with Crippen LogP contribution in [0.15, 0.2) is 24.3 Å². The largest absolute Gasteiger partial charge is 0.508 e. The number of carbonyl (C=O) groups is 2. The lowest BCUT2D eigenvalue weighted by Crippen LogP contribution is -2.45. The lowest BCUT2D eigenvalue weighted by molar-refractivity contribution is 0.000122. The van der Waals surface area contributed by atoms with Crippen LogP contribution in [0.1, 0.15) is 33.3 Å². The van der Waals surface area contributed by atoms with Crippen LogP contribution in [-0.2, 0) is 30.1 Å². The Hall–Kier alpha value is -2.26. The number of ether oxygens (including phenoxy) is 3. The van der Waals surface area contributed by atoms with E-state index in [0.717, 1.165) is 11.0 Å². The quantitative estimate of drug-likeness (QED) is 0.631. The van der Waals surface area contributed by atoms with Crippen molar-refractivity contribution in [3.63, 3.8) is 0 Å². The first-order valence-electron chi connectivity index (χ1n) is 8.84. The van der Waals surface area contributed by atoms with Crippen molar-refractivity contribution in [2.45, 2.75) is 51.5 Å². The summed E-state index contributed by atoms with van der Waals surface area (Å²) in [5, 5.41) is 2.58. The maximum Gasteiger partial charge on any atom is 0.508 e. The van der Waals surface area contributed by atoms with Crippen molar-refractivity contribution >= 4 is 24.8 Å². The van der Waals surface area contributed by atoms with Gasteiger partial charge in [0.1, 0.15) is 25.9 Å². The summed E-state index contributed by atoms with van der Waals surface area (Å²) in [6.07, 6.45) is -1.33. The molecule has 2 aliphatic heterocycles. The minimum atomic E-state index is -0.733. The van der Waals surface area contributed by atoms with E-state index in [1.54, 1.807) is 0 Å². The monoisotopic (exact) mass is 377 g/mol. The summed E-state index contributed by atoms with van der Waals surface area (Å²) < 4.78 is 26.6. The van der Waals surface area contributed by atoms with Crippen LogP contribution in [0, 0.1) is 0 Å². The lowest BCUT2D eigenvalue weighted by Gasteiger charge is -2.32. The van der Waals surface area contributed by atoms with E-state index in [-0.39, 0.29) is 19.8 Å². The molecule has 0 spiro atoms. The van der Waals surface area contributed by atoms with E-state index in [1.807, 2.05) is 52.0 Å². The molecule has 0 unspecified atom stereocenters. The van der Waals surface area contributed by atoms with Crippen molar-refractivity contribution in [3.8, 4) is 0 Å². The Kier molecular flexibility index (Phi) is 5.35. The third-order valence-electron chi connectivity index (χ3n) is 5.00. The molecule has 0 saturated carbocycles. The van der Waals surface area contributed by atoms with Gasteiger partial charge in [0.15, 0.2) is 0 Å². The highest BCUT2D eigenvalue weighted by Crippen LogP contribution is 2.36. The molecule has 1 amide bonds. The number of carbonyl (C=O) groups excluding carboxylic acids is 2. The normalized spacial score (nSPS) is 21.3. The minimum absolute atomic E-state index is 0.0662. The number of alkyl carbamates (subject to hydrolysis) is 1. The van der Waals surface area contributed by atoms with Gasteiger partial charge < -0.3 is 28.8 Å². The highest BCUT2D eigenvalue weighted by atomic mass is 16.7. The fraction of sp³-hybridized carbons (Fsp3) is 0.556. The van der Waals surface area contributed by atoms with Gasteiger partial charge in [-0.2, -0.15) is 0 Å². The van der Waals surface area contributed by atoms with Gasteiger partial charge in [-0.3, -0.25) is 0 Å². The summed E-state index contributed by atoms with van der Waals surface area (Å²) in [4.78, 5) is 22.6. The molecular weight excluding hydrogens is 353 g/mol. The van der Waals surface area contributed by atoms with Crippen molar-refractivity contribution in [2.75, 3.05) is 13.2 Å². The molecule has 9 heteroatoms. The maximum absolute atomic E-state index is 11.8. The molecule has 27 heavy (non-hydrogen) atoms. The molecule has 2 heterocycles. The second-order valence-corrected chi connectivity index (χ2v) is 7.62. The maximum atomic E-state index is 11.8. The number of cyclic esters (lactones) is 2. The molecule has 1 aromatic carbocycles. The van der Waals surface area contributed by atoms with E-state index in [2.05, 4.69) is 5.32 Å². The van der Waals surface area contributed by atoms with Gasteiger partial charge in [-0.05, 0) is 38.7 Å². The molecule has 2 fully saturated rings. The second-order valence-electron chi connectivity index (χ2n) is 7.62. The number of amides is 1. The molecule has 2 aliphatic rings. The van der Waals surface area contributed by atoms with Crippen LogP contribution in [0.25, 0.3) is 0 Å². The summed E-state index contributed by atoms with van der Waals surface area (Å²) in [6.45, 7) is 8.27. The number of hydrogen-bond acceptors (Lipinski definition) is 7. The predicted octanol–water partition coefficient (Wildman–Crippen LogP) is 1.75. The zero-order valence-electron chi connectivity index (χ0n) is 15.9. The zero-order valence-corrected chi connectivity index (χ0v) is 15.9. The van der Waals surface area contributed by atoms with Crippen LogP contribution in [0.3, 0.4) is 0 Å². The average Bonchev–Trinajstić information content (AvgIpc) is 2.83. The Bertz CT molecular complexity index is 678.